The van der Waals surface area contributed by atoms with E-state index in [0.717, 1.165) is 45.2 Å². The topological polar surface area (TPSA) is 67.9 Å². The molecule has 6 heteroatoms. The van der Waals surface area contributed by atoms with Crippen LogP contribution >= 0.6 is 0 Å². The van der Waals surface area contributed by atoms with Crippen LogP contribution in [-0.4, -0.2) is 54.8 Å². The molecule has 1 heterocycles. The Balaban J connectivity index is 1.37. The van der Waals surface area contributed by atoms with Crippen LogP contribution in [0.1, 0.15) is 65.7 Å². The van der Waals surface area contributed by atoms with E-state index in [1.807, 2.05) is 25.7 Å². The van der Waals surface area contributed by atoms with E-state index in [1.165, 1.54) is 20.0 Å². The van der Waals surface area contributed by atoms with Gasteiger partial charge in [0.1, 0.15) is 5.60 Å². The first-order valence-electron chi connectivity index (χ1n) is 11.0. The van der Waals surface area contributed by atoms with E-state index in [1.54, 1.807) is 0 Å². The number of rotatable bonds is 4. The van der Waals surface area contributed by atoms with Crippen LogP contribution < -0.4 is 5.32 Å². The van der Waals surface area contributed by atoms with E-state index in [9.17, 15) is 9.59 Å². The molecule has 3 unspecified atom stereocenters. The number of methoxy groups -OCH3 is 1. The first kappa shape index (κ1) is 20.0. The fraction of sp³-hybridized carbons (Fsp3) is 0.909. The number of hydrogen-bond acceptors (Lipinski definition) is 5. The average molecular weight is 393 g/mol. The number of likely N-dealkylation sites (tertiary alicyclic amines) is 1. The van der Waals surface area contributed by atoms with E-state index in [-0.39, 0.29) is 23.5 Å². The second-order valence-electron chi connectivity index (χ2n) is 10.6. The fourth-order valence-corrected chi connectivity index (χ4v) is 6.71. The van der Waals surface area contributed by atoms with Crippen molar-refractivity contribution in [3.63, 3.8) is 0 Å². The molecule has 5 rings (SSSR count). The zero-order valence-electron chi connectivity index (χ0n) is 17.8. The van der Waals surface area contributed by atoms with Crippen molar-refractivity contribution in [3.05, 3.63) is 0 Å². The largest absolute Gasteiger partial charge is 0.469 e. The van der Waals surface area contributed by atoms with Crippen molar-refractivity contribution >= 4 is 12.1 Å². The van der Waals surface area contributed by atoms with Gasteiger partial charge in [-0.25, -0.2) is 4.79 Å². The van der Waals surface area contributed by atoms with Gasteiger partial charge in [0.25, 0.3) is 0 Å². The number of nitrogens with zero attached hydrogens (tertiary/aromatic N) is 1. The van der Waals surface area contributed by atoms with Crippen LogP contribution in [0.4, 0.5) is 4.79 Å². The Morgan fingerprint density at radius 3 is 2.43 bits per heavy atom. The zero-order chi connectivity index (χ0) is 20.1. The molecule has 0 spiro atoms. The molecule has 28 heavy (non-hydrogen) atoms. The van der Waals surface area contributed by atoms with Gasteiger partial charge in [0.05, 0.1) is 12.5 Å². The number of esters is 1. The molecule has 6 nitrogen and oxygen atoms in total. The van der Waals surface area contributed by atoms with Crippen LogP contribution in [0.3, 0.4) is 0 Å². The van der Waals surface area contributed by atoms with Gasteiger partial charge in [0, 0.05) is 25.2 Å². The lowest BCUT2D eigenvalue weighted by Gasteiger charge is -2.59. The van der Waals surface area contributed by atoms with E-state index < -0.39 is 5.60 Å². The quantitative estimate of drug-likeness (QED) is 0.743. The SMILES string of the molecule is COC(=O)C12CC3CC(C1)C(NCC1CCCN1C(=O)OC(C)(C)C)C(C3)C2. The predicted octanol–water partition coefficient (Wildman–Crippen LogP) is 3.34. The monoisotopic (exact) mass is 392 g/mol. The van der Waals surface area contributed by atoms with Crippen LogP contribution in [0.5, 0.6) is 0 Å². The summed E-state index contributed by atoms with van der Waals surface area (Å²) in [5.41, 5.74) is -0.680. The lowest BCUT2D eigenvalue weighted by molar-refractivity contribution is -0.171. The van der Waals surface area contributed by atoms with Gasteiger partial charge >= 0.3 is 12.1 Å². The molecule has 1 saturated heterocycles. The summed E-state index contributed by atoms with van der Waals surface area (Å²) >= 11 is 0. The molecule has 4 aliphatic carbocycles. The summed E-state index contributed by atoms with van der Waals surface area (Å²) in [7, 11) is 1.53. The minimum Gasteiger partial charge on any atom is -0.469 e. The summed E-state index contributed by atoms with van der Waals surface area (Å²) in [6.07, 6.45) is 7.29. The number of carbonyl (C=O) groups excluding carboxylic acids is 2. The maximum absolute atomic E-state index is 12.5. The molecule has 4 bridgehead atoms. The Morgan fingerprint density at radius 1 is 1.14 bits per heavy atom. The summed E-state index contributed by atoms with van der Waals surface area (Å²) in [6, 6.07) is 0.678. The minimum absolute atomic E-state index is 0.0113. The van der Waals surface area contributed by atoms with E-state index in [4.69, 9.17) is 9.47 Å². The molecule has 0 aromatic rings. The van der Waals surface area contributed by atoms with Gasteiger partial charge in [-0.1, -0.05) is 0 Å². The summed E-state index contributed by atoms with van der Waals surface area (Å²) in [5.74, 6) is 1.81. The average Bonchev–Trinajstić information content (AvgIpc) is 3.07. The third-order valence-electron chi connectivity index (χ3n) is 7.49. The number of ether oxygens (including phenoxy) is 2. The van der Waals surface area contributed by atoms with Crippen molar-refractivity contribution in [2.24, 2.45) is 23.2 Å². The third kappa shape index (κ3) is 3.64. The standard InChI is InChI=1S/C22H36N2O4/c1-21(2,3)28-20(26)24-7-5-6-17(24)13-23-18-15-8-14-9-16(18)12-22(10-14,11-15)19(25)27-4/h14-18,23H,5-13H2,1-4H3. The smallest absolute Gasteiger partial charge is 0.410 e. The molecule has 5 fully saturated rings. The highest BCUT2D eigenvalue weighted by Gasteiger charge is 2.59. The molecule has 0 radical (unpaired) electrons. The summed E-state index contributed by atoms with van der Waals surface area (Å²) in [6.45, 7) is 7.36. The highest BCUT2D eigenvalue weighted by Crippen LogP contribution is 2.60. The molecule has 0 aromatic carbocycles. The molecule has 158 valence electrons. The lowest BCUT2D eigenvalue weighted by atomic mass is 9.48. The van der Waals surface area contributed by atoms with Crippen LogP contribution in [0.2, 0.25) is 0 Å². The van der Waals surface area contributed by atoms with Gasteiger partial charge in [-0.05, 0) is 83.5 Å². The van der Waals surface area contributed by atoms with E-state index in [0.29, 0.717) is 23.8 Å². The highest BCUT2D eigenvalue weighted by atomic mass is 16.6. The molecule has 1 amide bonds. The molecule has 4 saturated carbocycles. The van der Waals surface area contributed by atoms with Gasteiger partial charge in [0.15, 0.2) is 0 Å². The molecule has 5 aliphatic rings. The van der Waals surface area contributed by atoms with Crippen LogP contribution in [0.15, 0.2) is 0 Å². The first-order chi connectivity index (χ1) is 13.2. The van der Waals surface area contributed by atoms with Gasteiger partial charge in [-0.15, -0.1) is 0 Å². The minimum atomic E-state index is -0.457. The summed E-state index contributed by atoms with van der Waals surface area (Å²) < 4.78 is 10.8. The first-order valence-corrected chi connectivity index (χ1v) is 11.0. The summed E-state index contributed by atoms with van der Waals surface area (Å²) in [5, 5.41) is 3.83. The maximum Gasteiger partial charge on any atom is 0.410 e. The normalized spacial score (nSPS) is 39.3. The molecular weight excluding hydrogens is 356 g/mol. The highest BCUT2D eigenvalue weighted by molar-refractivity contribution is 5.77. The Kier molecular flexibility index (Phi) is 5.13. The maximum atomic E-state index is 12.5. The van der Waals surface area contributed by atoms with E-state index in [2.05, 4.69) is 5.32 Å². The zero-order valence-corrected chi connectivity index (χ0v) is 17.8. The van der Waals surface area contributed by atoms with Crippen LogP contribution in [-0.2, 0) is 14.3 Å². The molecule has 1 N–H and O–H groups in total. The molecular formula is C22H36N2O4. The third-order valence-corrected chi connectivity index (χ3v) is 7.49. The van der Waals surface area contributed by atoms with Gasteiger partial charge < -0.3 is 19.7 Å². The second kappa shape index (κ2) is 7.19. The van der Waals surface area contributed by atoms with Gasteiger partial charge in [0.2, 0.25) is 0 Å². The number of amides is 1. The number of carbonyl (C=O) groups is 2. The Bertz CT molecular complexity index is 613. The fourth-order valence-electron chi connectivity index (χ4n) is 6.71. The van der Waals surface area contributed by atoms with Crippen molar-refractivity contribution in [2.45, 2.75) is 83.4 Å². The van der Waals surface area contributed by atoms with Gasteiger partial charge in [-0.3, -0.25) is 4.79 Å². The predicted molar refractivity (Wildman–Crippen MR) is 106 cm³/mol. The van der Waals surface area contributed by atoms with Gasteiger partial charge in [-0.2, -0.15) is 0 Å². The van der Waals surface area contributed by atoms with Crippen molar-refractivity contribution < 1.29 is 19.1 Å². The second-order valence-corrected chi connectivity index (χ2v) is 10.6. The van der Waals surface area contributed by atoms with Crippen molar-refractivity contribution in [2.75, 3.05) is 20.2 Å². The van der Waals surface area contributed by atoms with Crippen LogP contribution in [0, 0.1) is 23.2 Å². The van der Waals surface area contributed by atoms with Crippen molar-refractivity contribution in [3.8, 4) is 0 Å². The van der Waals surface area contributed by atoms with Crippen LogP contribution in [0.25, 0.3) is 0 Å². The Morgan fingerprint density at radius 2 is 1.82 bits per heavy atom. The summed E-state index contributed by atoms with van der Waals surface area (Å²) in [4.78, 5) is 26.9. The molecule has 0 aromatic heterocycles. The molecule has 1 aliphatic heterocycles. The lowest BCUT2D eigenvalue weighted by Crippen LogP contribution is -2.61. The molecule has 3 atom stereocenters. The Labute approximate surface area is 168 Å². The Hall–Kier alpha value is -1.30. The van der Waals surface area contributed by atoms with E-state index >= 15 is 0 Å². The van der Waals surface area contributed by atoms with Crippen molar-refractivity contribution in [1.29, 1.82) is 0 Å². The van der Waals surface area contributed by atoms with Crippen molar-refractivity contribution in [1.82, 2.24) is 10.2 Å². The number of nitrogens with one attached hydrogen (secondary N) is 1. The number of hydrogen-bond donors (Lipinski definition) is 1.